The Balaban J connectivity index is 1.70. The number of hydrogen-bond acceptors (Lipinski definition) is 4. The highest BCUT2D eigenvalue weighted by Gasteiger charge is 2.34. The van der Waals surface area contributed by atoms with Crippen LogP contribution in [0.25, 0.3) is 0 Å². The van der Waals surface area contributed by atoms with Gasteiger partial charge in [0.2, 0.25) is 34.8 Å². The number of alkyl halides is 3. The average molecular weight is 603 g/mol. The second-order valence-electron chi connectivity index (χ2n) is 7.56. The summed E-state index contributed by atoms with van der Waals surface area (Å²) in [5, 5.41) is 0. The third-order valence-electron chi connectivity index (χ3n) is 5.38. The lowest BCUT2D eigenvalue weighted by Gasteiger charge is -2.27. The number of ether oxygens (including phenoxy) is 1. The van der Waals surface area contributed by atoms with Crippen LogP contribution in [0, 0.1) is 29.1 Å². The number of benzene rings is 3. The molecular weight excluding hydrogens is 592 g/mol. The van der Waals surface area contributed by atoms with E-state index in [2.05, 4.69) is 20.1 Å². The van der Waals surface area contributed by atoms with Gasteiger partial charge < -0.3 is 8.92 Å². The molecule has 4 rings (SSSR count). The molecule has 0 fully saturated rings. The largest absolute Gasteiger partial charge is 0.493 e. The molecule has 3 aromatic carbocycles. The Kier molecular flexibility index (Phi) is 6.71. The van der Waals surface area contributed by atoms with Crippen molar-refractivity contribution in [1.29, 1.82) is 0 Å². The van der Waals surface area contributed by atoms with Crippen LogP contribution in [0.2, 0.25) is 0 Å². The van der Waals surface area contributed by atoms with E-state index in [4.69, 9.17) is 4.74 Å². The quantitative estimate of drug-likeness (QED) is 0.142. The molecule has 0 aromatic heterocycles. The van der Waals surface area contributed by atoms with Crippen LogP contribution in [-0.2, 0) is 16.3 Å². The van der Waals surface area contributed by atoms with Gasteiger partial charge in [-0.2, -0.15) is 30.4 Å². The van der Waals surface area contributed by atoms with Crippen LogP contribution >= 0.6 is 15.9 Å². The van der Waals surface area contributed by atoms with Crippen LogP contribution in [0.5, 0.6) is 11.5 Å². The van der Waals surface area contributed by atoms with Crippen LogP contribution in [0.15, 0.2) is 45.8 Å². The molecule has 1 atom stereocenters. The van der Waals surface area contributed by atoms with Gasteiger partial charge in [0.15, 0.2) is 0 Å². The Labute approximate surface area is 206 Å². The van der Waals surface area contributed by atoms with Gasteiger partial charge in [-0.1, -0.05) is 28.1 Å². The zero-order valence-corrected chi connectivity index (χ0v) is 19.8. The fourth-order valence-corrected chi connectivity index (χ4v) is 5.25. The van der Waals surface area contributed by atoms with E-state index in [-0.39, 0.29) is 16.8 Å². The predicted molar refractivity (Wildman–Crippen MR) is 112 cm³/mol. The van der Waals surface area contributed by atoms with E-state index >= 15 is 0 Å². The highest BCUT2D eigenvalue weighted by atomic mass is 79.9. The first-order valence-electron chi connectivity index (χ1n) is 9.81. The van der Waals surface area contributed by atoms with Crippen molar-refractivity contribution >= 4 is 26.0 Å². The lowest BCUT2D eigenvalue weighted by atomic mass is 9.86. The Morgan fingerprint density at radius 2 is 1.44 bits per heavy atom. The van der Waals surface area contributed by atoms with Crippen LogP contribution in [0.3, 0.4) is 0 Å². The Morgan fingerprint density at radius 1 is 0.861 bits per heavy atom. The summed E-state index contributed by atoms with van der Waals surface area (Å²) in [6.45, 7) is 0.0348. The molecule has 1 aliphatic rings. The highest BCUT2D eigenvalue weighted by Crippen LogP contribution is 2.43. The van der Waals surface area contributed by atoms with Crippen LogP contribution in [-0.4, -0.2) is 15.0 Å². The molecule has 3 aromatic rings. The molecule has 1 unspecified atom stereocenters. The standard InChI is InChI=1S/C22H11BrF8O4S/c23-14-7-9(22(29,30)31)1-3-12(14)11-5-6-34-15-8-10(2-4-13(11)15)36(32,33)35-21-19(27)17(25)16(24)18(26)20(21)28/h1-4,7-8,11H,5-6H2. The third-order valence-corrected chi connectivity index (χ3v) is 7.28. The summed E-state index contributed by atoms with van der Waals surface area (Å²) in [5.41, 5.74) is -0.0326. The van der Waals surface area contributed by atoms with E-state index in [1.807, 2.05) is 0 Å². The molecule has 36 heavy (non-hydrogen) atoms. The van der Waals surface area contributed by atoms with E-state index in [0.29, 0.717) is 17.5 Å². The van der Waals surface area contributed by atoms with Crippen molar-refractivity contribution in [2.75, 3.05) is 6.61 Å². The summed E-state index contributed by atoms with van der Waals surface area (Å²) in [4.78, 5) is -0.725. The Morgan fingerprint density at radius 3 is 2.03 bits per heavy atom. The van der Waals surface area contributed by atoms with Gasteiger partial charge >= 0.3 is 16.3 Å². The maximum absolute atomic E-state index is 13.9. The number of rotatable bonds is 4. The molecule has 0 N–H and O–H groups in total. The predicted octanol–water partition coefficient (Wildman–Crippen LogP) is 6.85. The van der Waals surface area contributed by atoms with Crippen molar-refractivity contribution in [1.82, 2.24) is 0 Å². The lowest BCUT2D eigenvalue weighted by Crippen LogP contribution is -2.18. The van der Waals surface area contributed by atoms with Gasteiger partial charge in [-0.05, 0) is 30.2 Å². The van der Waals surface area contributed by atoms with Gasteiger partial charge in [0, 0.05) is 22.0 Å². The number of hydrogen-bond donors (Lipinski definition) is 0. The minimum atomic E-state index is -5.10. The van der Waals surface area contributed by atoms with Crippen molar-refractivity contribution in [2.24, 2.45) is 0 Å². The lowest BCUT2D eigenvalue weighted by molar-refractivity contribution is -0.137. The van der Waals surface area contributed by atoms with E-state index < -0.39 is 67.5 Å². The highest BCUT2D eigenvalue weighted by molar-refractivity contribution is 9.10. The Hall–Kier alpha value is -2.87. The molecule has 1 aliphatic heterocycles. The zero-order chi connectivity index (χ0) is 26.6. The first kappa shape index (κ1) is 26.2. The SMILES string of the molecule is O=S(=O)(Oc1c(F)c(F)c(F)c(F)c1F)c1ccc2c(c1)OCCC2c1ccc(C(F)(F)F)cc1Br. The molecule has 0 saturated heterocycles. The van der Waals surface area contributed by atoms with Crippen LogP contribution < -0.4 is 8.92 Å². The third kappa shape index (κ3) is 4.63. The second-order valence-corrected chi connectivity index (χ2v) is 9.96. The second kappa shape index (κ2) is 9.21. The topological polar surface area (TPSA) is 52.6 Å². The number of halogens is 9. The molecule has 0 saturated carbocycles. The molecular formula is C22H11BrF8O4S. The molecule has 14 heteroatoms. The summed E-state index contributed by atoms with van der Waals surface area (Å²) in [7, 11) is -5.10. The van der Waals surface area contributed by atoms with Gasteiger partial charge in [0.1, 0.15) is 10.6 Å². The summed E-state index contributed by atoms with van der Waals surface area (Å²) in [6.07, 6.45) is -4.24. The van der Waals surface area contributed by atoms with Crippen molar-refractivity contribution in [2.45, 2.75) is 23.4 Å². The molecule has 1 heterocycles. The summed E-state index contributed by atoms with van der Waals surface area (Å²) >= 11 is 3.12. The smallest absolute Gasteiger partial charge is 0.416 e. The summed E-state index contributed by atoms with van der Waals surface area (Å²) < 4.78 is 142. The fraction of sp³-hybridized carbons (Fsp3) is 0.182. The van der Waals surface area contributed by atoms with E-state index in [9.17, 15) is 43.5 Å². The van der Waals surface area contributed by atoms with Crippen molar-refractivity contribution in [3.8, 4) is 11.5 Å². The average Bonchev–Trinajstić information content (AvgIpc) is 2.83. The van der Waals surface area contributed by atoms with Crippen molar-refractivity contribution in [3.63, 3.8) is 0 Å². The molecule has 192 valence electrons. The first-order valence-corrected chi connectivity index (χ1v) is 12.0. The van der Waals surface area contributed by atoms with Crippen molar-refractivity contribution in [3.05, 3.63) is 86.6 Å². The molecule has 0 aliphatic carbocycles. The van der Waals surface area contributed by atoms with Gasteiger partial charge in [-0.25, -0.2) is 13.2 Å². The Bertz CT molecular complexity index is 1440. The van der Waals surface area contributed by atoms with Crippen LogP contribution in [0.4, 0.5) is 35.1 Å². The van der Waals surface area contributed by atoms with E-state index in [1.165, 1.54) is 12.1 Å². The molecule has 0 spiro atoms. The summed E-state index contributed by atoms with van der Waals surface area (Å²) in [5.74, 6) is -14.8. The monoisotopic (exact) mass is 602 g/mol. The van der Waals surface area contributed by atoms with Gasteiger partial charge in [0.05, 0.1) is 12.2 Å². The molecule has 0 radical (unpaired) electrons. The normalized spacial score (nSPS) is 15.9. The molecule has 0 amide bonds. The minimum absolute atomic E-state index is 0.0277. The van der Waals surface area contributed by atoms with Crippen molar-refractivity contribution < 1.29 is 52.5 Å². The number of fused-ring (bicyclic) bond motifs is 1. The van der Waals surface area contributed by atoms with Gasteiger partial charge in [0.25, 0.3) is 0 Å². The van der Waals surface area contributed by atoms with Crippen LogP contribution in [0.1, 0.15) is 29.0 Å². The van der Waals surface area contributed by atoms with E-state index in [1.54, 1.807) is 0 Å². The minimum Gasteiger partial charge on any atom is -0.493 e. The molecule has 0 bridgehead atoms. The maximum atomic E-state index is 13.9. The van der Waals surface area contributed by atoms with Gasteiger partial charge in [-0.3, -0.25) is 0 Å². The zero-order valence-electron chi connectivity index (χ0n) is 17.4. The maximum Gasteiger partial charge on any atom is 0.416 e. The molecule has 4 nitrogen and oxygen atoms in total. The van der Waals surface area contributed by atoms with E-state index in [0.717, 1.165) is 24.3 Å². The fourth-order valence-electron chi connectivity index (χ4n) is 3.65. The first-order chi connectivity index (χ1) is 16.7. The summed E-state index contributed by atoms with van der Waals surface area (Å²) in [6, 6.07) is 6.18. The van der Waals surface area contributed by atoms with Gasteiger partial charge in [-0.15, -0.1) is 0 Å².